The van der Waals surface area contributed by atoms with Crippen LogP contribution in [0, 0.1) is 5.92 Å². The Hall–Kier alpha value is -1.30. The first-order valence-electron chi connectivity index (χ1n) is 8.18. The largest absolute Gasteiger partial charge is 0.0840 e. The second kappa shape index (κ2) is 10.5. The molecule has 110 valence electrons. The topological polar surface area (TPSA) is 0 Å². The third kappa shape index (κ3) is 6.75. The van der Waals surface area contributed by atoms with E-state index in [9.17, 15) is 0 Å². The molecule has 1 aliphatic rings. The molecule has 0 aliphatic heterocycles. The monoisotopic (exact) mass is 270 g/mol. The maximum Gasteiger partial charge on any atom is -0.0196 e. The first-order chi connectivity index (χ1) is 9.77. The van der Waals surface area contributed by atoms with Crippen molar-refractivity contribution < 1.29 is 0 Å². The number of allylic oxidation sites excluding steroid dienone is 4. The van der Waals surface area contributed by atoms with Crippen LogP contribution in [0.5, 0.6) is 0 Å². The average Bonchev–Trinajstić information content (AvgIpc) is 2.54. The number of hydrogen-bond donors (Lipinski definition) is 0. The van der Waals surface area contributed by atoms with Crippen molar-refractivity contribution in [2.24, 2.45) is 5.92 Å². The van der Waals surface area contributed by atoms with Crippen LogP contribution in [0.2, 0.25) is 0 Å². The van der Waals surface area contributed by atoms with Crippen molar-refractivity contribution in [2.45, 2.75) is 59.3 Å². The molecule has 0 heterocycles. The van der Waals surface area contributed by atoms with Gasteiger partial charge in [0.25, 0.3) is 0 Å². The lowest BCUT2D eigenvalue weighted by Gasteiger charge is -2.12. The van der Waals surface area contributed by atoms with Crippen molar-refractivity contribution in [3.8, 4) is 0 Å². The van der Waals surface area contributed by atoms with Crippen LogP contribution in [0.3, 0.4) is 0 Å². The van der Waals surface area contributed by atoms with Gasteiger partial charge in [0.2, 0.25) is 0 Å². The van der Waals surface area contributed by atoms with Gasteiger partial charge in [-0.2, -0.15) is 0 Å². The van der Waals surface area contributed by atoms with Gasteiger partial charge in [-0.3, -0.25) is 0 Å². The van der Waals surface area contributed by atoms with Gasteiger partial charge in [0, 0.05) is 0 Å². The molecule has 0 fully saturated rings. The molecule has 0 N–H and O–H groups in total. The van der Waals surface area contributed by atoms with Gasteiger partial charge in [-0.15, -0.1) is 0 Å². The molecule has 0 radical (unpaired) electrons. The number of aryl methyl sites for hydroxylation is 1. The summed E-state index contributed by atoms with van der Waals surface area (Å²) in [6.45, 7) is 6.76. The Morgan fingerprint density at radius 3 is 2.35 bits per heavy atom. The summed E-state index contributed by atoms with van der Waals surface area (Å²) < 4.78 is 0. The molecule has 1 atom stereocenters. The standard InChI is InChI=1S/C10H16.C10H14/c1-3-9(2)10-7-5-4-6-8-10;1-2-3-7-10-8-5-4-6-9-10/h5,7-9H,3-4,6H2,1-2H3;4-6,8-9H,2-3,7H2,1H3. The zero-order chi connectivity index (χ0) is 14.6. The highest BCUT2D eigenvalue weighted by atomic mass is 14.1. The zero-order valence-electron chi connectivity index (χ0n) is 13.4. The minimum atomic E-state index is 0.761. The molecule has 0 heteroatoms. The minimum absolute atomic E-state index is 0.761. The van der Waals surface area contributed by atoms with Crippen molar-refractivity contribution in [1.29, 1.82) is 0 Å². The fourth-order valence-corrected chi connectivity index (χ4v) is 2.26. The Morgan fingerprint density at radius 1 is 1.05 bits per heavy atom. The lowest BCUT2D eigenvalue weighted by molar-refractivity contribution is 0.662. The quantitative estimate of drug-likeness (QED) is 0.585. The van der Waals surface area contributed by atoms with Crippen molar-refractivity contribution in [2.75, 3.05) is 0 Å². The third-order valence-corrected chi connectivity index (χ3v) is 3.87. The van der Waals surface area contributed by atoms with E-state index < -0.39 is 0 Å². The Bertz CT molecular complexity index is 397. The maximum absolute atomic E-state index is 2.37. The molecule has 1 aromatic carbocycles. The first kappa shape index (κ1) is 16.8. The summed E-state index contributed by atoms with van der Waals surface area (Å²) in [5, 5.41) is 0. The highest BCUT2D eigenvalue weighted by Gasteiger charge is 2.03. The van der Waals surface area contributed by atoms with Gasteiger partial charge in [-0.1, -0.05) is 75.8 Å². The predicted molar refractivity (Wildman–Crippen MR) is 91.0 cm³/mol. The van der Waals surface area contributed by atoms with E-state index in [0.717, 1.165) is 5.92 Å². The molecule has 0 amide bonds. The Balaban J connectivity index is 0.000000200. The van der Waals surface area contributed by atoms with Crippen LogP contribution in [0.1, 0.15) is 58.4 Å². The van der Waals surface area contributed by atoms with E-state index in [1.54, 1.807) is 0 Å². The van der Waals surface area contributed by atoms with Crippen molar-refractivity contribution in [3.05, 3.63) is 59.7 Å². The van der Waals surface area contributed by atoms with E-state index in [1.165, 1.54) is 49.7 Å². The molecular weight excluding hydrogens is 240 g/mol. The van der Waals surface area contributed by atoms with Gasteiger partial charge in [-0.25, -0.2) is 0 Å². The predicted octanol–water partition coefficient (Wildman–Crippen LogP) is 6.34. The van der Waals surface area contributed by atoms with Crippen molar-refractivity contribution >= 4 is 0 Å². The van der Waals surface area contributed by atoms with Gasteiger partial charge < -0.3 is 0 Å². The Kier molecular flexibility index (Phi) is 8.78. The van der Waals surface area contributed by atoms with E-state index in [4.69, 9.17) is 0 Å². The highest BCUT2D eigenvalue weighted by Crippen LogP contribution is 2.20. The van der Waals surface area contributed by atoms with Gasteiger partial charge in [0.1, 0.15) is 0 Å². The van der Waals surface area contributed by atoms with E-state index in [0.29, 0.717) is 0 Å². The lowest BCUT2D eigenvalue weighted by atomic mass is 9.94. The van der Waals surface area contributed by atoms with E-state index in [2.05, 4.69) is 69.3 Å². The van der Waals surface area contributed by atoms with Crippen LogP contribution >= 0.6 is 0 Å². The second-order valence-electron chi connectivity index (χ2n) is 5.58. The van der Waals surface area contributed by atoms with Crippen LogP contribution in [-0.4, -0.2) is 0 Å². The molecular formula is C20H30. The van der Waals surface area contributed by atoms with Crippen molar-refractivity contribution in [1.82, 2.24) is 0 Å². The van der Waals surface area contributed by atoms with Crippen LogP contribution in [0.25, 0.3) is 0 Å². The molecule has 0 saturated heterocycles. The zero-order valence-corrected chi connectivity index (χ0v) is 13.4. The number of benzene rings is 1. The summed E-state index contributed by atoms with van der Waals surface area (Å²) in [6, 6.07) is 10.6. The summed E-state index contributed by atoms with van der Waals surface area (Å²) in [5.41, 5.74) is 3.00. The summed E-state index contributed by atoms with van der Waals surface area (Å²) >= 11 is 0. The summed E-state index contributed by atoms with van der Waals surface area (Å²) in [6.07, 6.45) is 14.5. The molecule has 0 nitrogen and oxygen atoms in total. The average molecular weight is 270 g/mol. The Morgan fingerprint density at radius 2 is 1.80 bits per heavy atom. The van der Waals surface area contributed by atoms with Crippen LogP contribution < -0.4 is 0 Å². The van der Waals surface area contributed by atoms with Crippen LogP contribution in [-0.2, 0) is 6.42 Å². The van der Waals surface area contributed by atoms with Crippen LogP contribution in [0.4, 0.5) is 0 Å². The second-order valence-corrected chi connectivity index (χ2v) is 5.58. The van der Waals surface area contributed by atoms with Crippen molar-refractivity contribution in [3.63, 3.8) is 0 Å². The first-order valence-corrected chi connectivity index (χ1v) is 8.18. The number of unbranched alkanes of at least 4 members (excludes halogenated alkanes) is 1. The molecule has 1 aromatic rings. The smallest absolute Gasteiger partial charge is 0.0196 e. The molecule has 2 rings (SSSR count). The van der Waals surface area contributed by atoms with Gasteiger partial charge >= 0.3 is 0 Å². The number of hydrogen-bond acceptors (Lipinski definition) is 0. The molecule has 1 unspecified atom stereocenters. The van der Waals surface area contributed by atoms with Gasteiger partial charge in [0.05, 0.1) is 0 Å². The number of rotatable bonds is 5. The summed E-state index contributed by atoms with van der Waals surface area (Å²) in [5.74, 6) is 0.761. The molecule has 0 spiro atoms. The van der Waals surface area contributed by atoms with Crippen LogP contribution in [0.15, 0.2) is 54.1 Å². The maximum atomic E-state index is 2.37. The Labute approximate surface area is 125 Å². The normalized spacial score (nSPS) is 15.1. The lowest BCUT2D eigenvalue weighted by Crippen LogP contribution is -1.96. The fraction of sp³-hybridized carbons (Fsp3) is 0.500. The molecule has 1 aliphatic carbocycles. The van der Waals surface area contributed by atoms with E-state index >= 15 is 0 Å². The SMILES string of the molecule is CCC(C)C1=CCCC=C1.CCCCc1ccccc1. The minimum Gasteiger partial charge on any atom is -0.0840 e. The summed E-state index contributed by atoms with van der Waals surface area (Å²) in [4.78, 5) is 0. The molecule has 20 heavy (non-hydrogen) atoms. The fourth-order valence-electron chi connectivity index (χ4n) is 2.26. The van der Waals surface area contributed by atoms with Gasteiger partial charge in [0.15, 0.2) is 0 Å². The molecule has 0 bridgehead atoms. The summed E-state index contributed by atoms with van der Waals surface area (Å²) in [7, 11) is 0. The van der Waals surface area contributed by atoms with E-state index in [-0.39, 0.29) is 0 Å². The highest BCUT2D eigenvalue weighted by molar-refractivity contribution is 5.24. The molecule has 0 aromatic heterocycles. The third-order valence-electron chi connectivity index (χ3n) is 3.87. The molecule has 0 saturated carbocycles. The van der Waals surface area contributed by atoms with Gasteiger partial charge in [-0.05, 0) is 49.2 Å². The van der Waals surface area contributed by atoms with E-state index in [1.807, 2.05) is 0 Å².